The summed E-state index contributed by atoms with van der Waals surface area (Å²) in [6.07, 6.45) is 2.47. The first kappa shape index (κ1) is 14.6. The van der Waals surface area contributed by atoms with Crippen molar-refractivity contribution in [3.8, 4) is 0 Å². The number of carboxylic acids is 1. The highest BCUT2D eigenvalue weighted by Gasteiger charge is 2.43. The summed E-state index contributed by atoms with van der Waals surface area (Å²) < 4.78 is 0. The van der Waals surface area contributed by atoms with E-state index in [-0.39, 0.29) is 12.3 Å². The summed E-state index contributed by atoms with van der Waals surface area (Å²) in [6.45, 7) is 3.73. The van der Waals surface area contributed by atoms with Crippen molar-refractivity contribution in [3.63, 3.8) is 0 Å². The number of benzene rings is 1. The zero-order valence-electron chi connectivity index (χ0n) is 12.0. The summed E-state index contributed by atoms with van der Waals surface area (Å²) >= 11 is 0. The molecule has 0 spiro atoms. The Balaban J connectivity index is 2.13. The van der Waals surface area contributed by atoms with Crippen molar-refractivity contribution in [3.05, 3.63) is 35.9 Å². The smallest absolute Gasteiger partial charge is 0.305 e. The lowest BCUT2D eigenvalue weighted by atomic mass is 9.73. The molecule has 0 atom stereocenters. The minimum Gasteiger partial charge on any atom is -0.481 e. The van der Waals surface area contributed by atoms with E-state index < -0.39 is 16.9 Å². The molecular weight excluding hydrogens is 254 g/mol. The van der Waals surface area contributed by atoms with Gasteiger partial charge >= 0.3 is 5.97 Å². The third kappa shape index (κ3) is 2.84. The van der Waals surface area contributed by atoms with Gasteiger partial charge in [0.2, 0.25) is 5.91 Å². The number of hydrogen-bond donors (Lipinski definition) is 2. The second-order valence-corrected chi connectivity index (χ2v) is 6.15. The van der Waals surface area contributed by atoms with Crippen LogP contribution >= 0.6 is 0 Å². The van der Waals surface area contributed by atoms with E-state index in [1.165, 1.54) is 0 Å². The van der Waals surface area contributed by atoms with Crippen LogP contribution in [0.25, 0.3) is 0 Å². The molecule has 1 amide bonds. The first-order valence-electron chi connectivity index (χ1n) is 6.96. The molecule has 1 aromatic rings. The molecule has 0 aliphatic heterocycles. The SMILES string of the molecule is CC(C)(C(=O)NC1(CC(=O)O)CCC1)c1ccccc1. The molecule has 1 saturated carbocycles. The molecule has 0 unspecified atom stereocenters. The second kappa shape index (κ2) is 5.27. The largest absolute Gasteiger partial charge is 0.481 e. The van der Waals surface area contributed by atoms with Gasteiger partial charge in [-0.15, -0.1) is 0 Å². The van der Waals surface area contributed by atoms with Crippen LogP contribution in [0.3, 0.4) is 0 Å². The third-order valence-electron chi connectivity index (χ3n) is 4.24. The Labute approximate surface area is 119 Å². The molecule has 4 nitrogen and oxygen atoms in total. The minimum absolute atomic E-state index is 0.00358. The van der Waals surface area contributed by atoms with Crippen LogP contribution in [0, 0.1) is 0 Å². The molecule has 1 aliphatic rings. The maximum Gasteiger partial charge on any atom is 0.305 e. The Kier molecular flexibility index (Phi) is 3.84. The van der Waals surface area contributed by atoms with Crippen LogP contribution in [0.2, 0.25) is 0 Å². The zero-order chi connectivity index (χ0) is 14.8. The molecule has 1 aromatic carbocycles. The third-order valence-corrected chi connectivity index (χ3v) is 4.24. The molecule has 4 heteroatoms. The molecule has 0 saturated heterocycles. The van der Waals surface area contributed by atoms with Gasteiger partial charge in [-0.1, -0.05) is 30.3 Å². The van der Waals surface area contributed by atoms with Crippen molar-refractivity contribution in [2.75, 3.05) is 0 Å². The number of rotatable bonds is 5. The number of nitrogens with one attached hydrogen (secondary N) is 1. The lowest BCUT2D eigenvalue weighted by Gasteiger charge is -2.43. The Bertz CT molecular complexity index is 504. The van der Waals surface area contributed by atoms with E-state index in [2.05, 4.69) is 5.32 Å². The fourth-order valence-corrected chi connectivity index (χ4v) is 2.62. The van der Waals surface area contributed by atoms with Gasteiger partial charge in [0.05, 0.1) is 17.4 Å². The monoisotopic (exact) mass is 275 g/mol. The fraction of sp³-hybridized carbons (Fsp3) is 0.500. The average molecular weight is 275 g/mol. The molecule has 1 aliphatic carbocycles. The van der Waals surface area contributed by atoms with Gasteiger partial charge < -0.3 is 10.4 Å². The van der Waals surface area contributed by atoms with Crippen LogP contribution in [0.15, 0.2) is 30.3 Å². The molecule has 0 heterocycles. The van der Waals surface area contributed by atoms with Crippen molar-refractivity contribution in [2.24, 2.45) is 0 Å². The van der Waals surface area contributed by atoms with E-state index in [1.54, 1.807) is 0 Å². The van der Waals surface area contributed by atoms with Crippen LogP contribution in [0.5, 0.6) is 0 Å². The van der Waals surface area contributed by atoms with Crippen molar-refractivity contribution < 1.29 is 14.7 Å². The van der Waals surface area contributed by atoms with Crippen LogP contribution in [-0.4, -0.2) is 22.5 Å². The lowest BCUT2D eigenvalue weighted by Crippen LogP contribution is -2.58. The summed E-state index contributed by atoms with van der Waals surface area (Å²) in [5.41, 5.74) is -0.278. The van der Waals surface area contributed by atoms with Crippen LogP contribution in [-0.2, 0) is 15.0 Å². The van der Waals surface area contributed by atoms with Crippen molar-refractivity contribution in [1.29, 1.82) is 0 Å². The predicted molar refractivity (Wildman–Crippen MR) is 76.4 cm³/mol. The van der Waals surface area contributed by atoms with Gasteiger partial charge in [-0.25, -0.2) is 0 Å². The quantitative estimate of drug-likeness (QED) is 0.867. The Morgan fingerprint density at radius 2 is 1.85 bits per heavy atom. The Morgan fingerprint density at radius 1 is 1.25 bits per heavy atom. The topological polar surface area (TPSA) is 66.4 Å². The van der Waals surface area contributed by atoms with Gasteiger partial charge in [0.25, 0.3) is 0 Å². The summed E-state index contributed by atoms with van der Waals surface area (Å²) in [5, 5.41) is 12.0. The first-order valence-corrected chi connectivity index (χ1v) is 6.96. The summed E-state index contributed by atoms with van der Waals surface area (Å²) in [4.78, 5) is 23.5. The number of amides is 1. The Hall–Kier alpha value is -1.84. The molecule has 0 bridgehead atoms. The number of carboxylic acid groups (broad SMARTS) is 1. The van der Waals surface area contributed by atoms with Crippen LogP contribution in [0.1, 0.15) is 45.1 Å². The summed E-state index contributed by atoms with van der Waals surface area (Å²) in [7, 11) is 0. The average Bonchev–Trinajstić information content (AvgIpc) is 2.36. The summed E-state index contributed by atoms with van der Waals surface area (Å²) in [5.74, 6) is -0.966. The number of hydrogen-bond acceptors (Lipinski definition) is 2. The second-order valence-electron chi connectivity index (χ2n) is 6.15. The van der Waals surface area contributed by atoms with Crippen molar-refractivity contribution >= 4 is 11.9 Å². The molecular formula is C16H21NO3. The standard InChI is InChI=1S/C16H21NO3/c1-15(2,12-7-4-3-5-8-12)14(20)17-16(9-6-10-16)11-13(18)19/h3-5,7-8H,6,9-11H2,1-2H3,(H,17,20)(H,18,19). The zero-order valence-corrected chi connectivity index (χ0v) is 12.0. The van der Waals surface area contributed by atoms with Crippen molar-refractivity contribution in [1.82, 2.24) is 5.32 Å². The number of carbonyl (C=O) groups excluding carboxylic acids is 1. The normalized spacial score (nSPS) is 17.1. The highest BCUT2D eigenvalue weighted by Crippen LogP contribution is 2.36. The van der Waals surface area contributed by atoms with Gasteiger partial charge in [0.1, 0.15) is 0 Å². The minimum atomic E-state index is -0.859. The Morgan fingerprint density at radius 3 is 2.30 bits per heavy atom. The molecule has 1 fully saturated rings. The van der Waals surface area contributed by atoms with Gasteiger partial charge in [0, 0.05) is 0 Å². The number of carbonyl (C=O) groups is 2. The first-order chi connectivity index (χ1) is 9.36. The van der Waals surface area contributed by atoms with Gasteiger partial charge in [-0.2, -0.15) is 0 Å². The lowest BCUT2D eigenvalue weighted by molar-refractivity contribution is -0.141. The van der Waals surface area contributed by atoms with E-state index >= 15 is 0 Å². The fourth-order valence-electron chi connectivity index (χ4n) is 2.62. The van der Waals surface area contributed by atoms with E-state index in [0.29, 0.717) is 0 Å². The van der Waals surface area contributed by atoms with Gasteiger partial charge in [-0.3, -0.25) is 9.59 Å². The van der Waals surface area contributed by atoms with Crippen molar-refractivity contribution in [2.45, 2.75) is 50.5 Å². The predicted octanol–water partition coefficient (Wildman–Crippen LogP) is 2.48. The maximum atomic E-state index is 12.6. The van der Waals surface area contributed by atoms with Gasteiger partial charge in [0.15, 0.2) is 0 Å². The number of aliphatic carboxylic acids is 1. The van der Waals surface area contributed by atoms with Crippen LogP contribution in [0.4, 0.5) is 0 Å². The molecule has 0 aromatic heterocycles. The van der Waals surface area contributed by atoms with Gasteiger partial charge in [-0.05, 0) is 38.7 Å². The van der Waals surface area contributed by atoms with Crippen LogP contribution < -0.4 is 5.32 Å². The van der Waals surface area contributed by atoms with E-state index in [0.717, 1.165) is 24.8 Å². The molecule has 2 N–H and O–H groups in total. The van der Waals surface area contributed by atoms with E-state index in [1.807, 2.05) is 44.2 Å². The highest BCUT2D eigenvalue weighted by atomic mass is 16.4. The maximum absolute atomic E-state index is 12.6. The molecule has 0 radical (unpaired) electrons. The highest BCUT2D eigenvalue weighted by molar-refractivity contribution is 5.88. The molecule has 2 rings (SSSR count). The summed E-state index contributed by atoms with van der Waals surface area (Å²) in [6, 6.07) is 9.56. The molecule has 20 heavy (non-hydrogen) atoms. The van der Waals surface area contributed by atoms with E-state index in [9.17, 15) is 9.59 Å². The molecule has 108 valence electrons. The van der Waals surface area contributed by atoms with E-state index in [4.69, 9.17) is 5.11 Å².